The molecule has 0 spiro atoms. The Morgan fingerprint density at radius 2 is 2.00 bits per heavy atom. The Kier molecular flexibility index (Phi) is 4.45. The van der Waals surface area contributed by atoms with Crippen LogP contribution in [0.1, 0.15) is 24.0 Å². The van der Waals surface area contributed by atoms with Crippen LogP contribution in [0.3, 0.4) is 0 Å². The summed E-state index contributed by atoms with van der Waals surface area (Å²) < 4.78 is 26.5. The predicted octanol–water partition coefficient (Wildman–Crippen LogP) is 3.42. The van der Waals surface area contributed by atoms with E-state index in [-0.39, 0.29) is 10.8 Å². The first-order chi connectivity index (χ1) is 8.86. The number of nitrogens with zero attached hydrogens (tertiary/aromatic N) is 1. The summed E-state index contributed by atoms with van der Waals surface area (Å²) in [4.78, 5) is 0.263. The fourth-order valence-electron chi connectivity index (χ4n) is 2.04. The molecule has 1 aliphatic carbocycles. The second-order valence-corrected chi connectivity index (χ2v) is 7.77. The van der Waals surface area contributed by atoms with Crippen LogP contribution in [0.15, 0.2) is 17.0 Å². The van der Waals surface area contributed by atoms with E-state index in [2.05, 4.69) is 0 Å². The van der Waals surface area contributed by atoms with Crippen LogP contribution in [-0.2, 0) is 15.9 Å². The van der Waals surface area contributed by atoms with E-state index in [1.54, 1.807) is 20.0 Å². The van der Waals surface area contributed by atoms with Crippen molar-refractivity contribution in [2.75, 3.05) is 13.6 Å². The third kappa shape index (κ3) is 3.24. The smallest absolute Gasteiger partial charge is 0.207 e. The molecular formula is C13H17Cl2NO2S. The van der Waals surface area contributed by atoms with Crippen LogP contribution >= 0.6 is 23.2 Å². The molecular weight excluding hydrogens is 305 g/mol. The molecule has 0 aliphatic heterocycles. The fourth-order valence-corrected chi connectivity index (χ4v) is 4.16. The Hall–Kier alpha value is -0.290. The summed E-state index contributed by atoms with van der Waals surface area (Å²) in [5.41, 5.74) is 1.44. The van der Waals surface area contributed by atoms with Gasteiger partial charge in [0.15, 0.2) is 0 Å². The van der Waals surface area contributed by atoms with Crippen molar-refractivity contribution in [2.24, 2.45) is 5.92 Å². The number of alkyl halides is 1. The Morgan fingerprint density at radius 3 is 2.53 bits per heavy atom. The zero-order chi connectivity index (χ0) is 14.2. The molecule has 0 aromatic heterocycles. The maximum absolute atomic E-state index is 12.6. The van der Waals surface area contributed by atoms with Crippen LogP contribution in [-0.4, -0.2) is 26.3 Å². The molecule has 3 nitrogen and oxygen atoms in total. The largest absolute Gasteiger partial charge is 0.243 e. The lowest BCUT2D eigenvalue weighted by molar-refractivity contribution is 0.452. The van der Waals surface area contributed by atoms with Gasteiger partial charge in [-0.2, -0.15) is 0 Å². The van der Waals surface area contributed by atoms with Crippen LogP contribution in [0, 0.1) is 12.8 Å². The van der Waals surface area contributed by atoms with E-state index in [0.29, 0.717) is 23.0 Å². The lowest BCUT2D eigenvalue weighted by Gasteiger charge is -2.19. The zero-order valence-electron chi connectivity index (χ0n) is 11.0. The summed E-state index contributed by atoms with van der Waals surface area (Å²) in [5, 5.41) is 0.402. The Balaban J connectivity index is 2.41. The second kappa shape index (κ2) is 5.60. The van der Waals surface area contributed by atoms with Crippen molar-refractivity contribution < 1.29 is 8.42 Å². The SMILES string of the molecule is Cc1c(CCl)cc(Cl)cc1S(=O)(=O)N(C)CC1CC1. The van der Waals surface area contributed by atoms with Crippen molar-refractivity contribution in [3.63, 3.8) is 0 Å². The summed E-state index contributed by atoms with van der Waals surface area (Å²) in [6, 6.07) is 3.22. The van der Waals surface area contributed by atoms with Gasteiger partial charge in [0, 0.05) is 24.5 Å². The highest BCUT2D eigenvalue weighted by atomic mass is 35.5. The summed E-state index contributed by atoms with van der Waals surface area (Å²) in [6.45, 7) is 2.34. The molecule has 2 rings (SSSR count). The van der Waals surface area contributed by atoms with E-state index in [1.165, 1.54) is 10.4 Å². The Bertz CT molecular complexity index is 583. The van der Waals surface area contributed by atoms with Crippen molar-refractivity contribution in [2.45, 2.75) is 30.5 Å². The van der Waals surface area contributed by atoms with Crippen molar-refractivity contribution in [1.29, 1.82) is 0 Å². The number of benzene rings is 1. The van der Waals surface area contributed by atoms with Crippen molar-refractivity contribution in [3.8, 4) is 0 Å². The van der Waals surface area contributed by atoms with Crippen molar-refractivity contribution in [1.82, 2.24) is 4.31 Å². The maximum Gasteiger partial charge on any atom is 0.243 e. The molecule has 0 saturated heterocycles. The minimum absolute atomic E-state index is 0.251. The zero-order valence-corrected chi connectivity index (χ0v) is 13.3. The summed E-state index contributed by atoms with van der Waals surface area (Å²) in [6.07, 6.45) is 2.22. The van der Waals surface area contributed by atoms with Gasteiger partial charge in [0.1, 0.15) is 0 Å². The second-order valence-electron chi connectivity index (χ2n) is 5.05. The van der Waals surface area contributed by atoms with E-state index in [9.17, 15) is 8.42 Å². The fraction of sp³-hybridized carbons (Fsp3) is 0.538. The van der Waals surface area contributed by atoms with Gasteiger partial charge >= 0.3 is 0 Å². The predicted molar refractivity (Wildman–Crippen MR) is 78.3 cm³/mol. The topological polar surface area (TPSA) is 37.4 Å². The molecule has 6 heteroatoms. The average Bonchev–Trinajstić information content (AvgIpc) is 3.15. The average molecular weight is 322 g/mol. The Labute approximate surface area is 124 Å². The number of hydrogen-bond donors (Lipinski definition) is 0. The van der Waals surface area contributed by atoms with Gasteiger partial charge in [-0.1, -0.05) is 11.6 Å². The number of sulfonamides is 1. The van der Waals surface area contributed by atoms with Crippen LogP contribution in [0.4, 0.5) is 0 Å². The van der Waals surface area contributed by atoms with Gasteiger partial charge in [0.05, 0.1) is 4.90 Å². The van der Waals surface area contributed by atoms with Gasteiger partial charge in [-0.3, -0.25) is 0 Å². The number of hydrogen-bond acceptors (Lipinski definition) is 2. The lowest BCUT2D eigenvalue weighted by Crippen LogP contribution is -2.29. The third-order valence-corrected chi connectivity index (χ3v) is 5.93. The van der Waals surface area contributed by atoms with Gasteiger partial charge < -0.3 is 0 Å². The van der Waals surface area contributed by atoms with Gasteiger partial charge in [0.25, 0.3) is 0 Å². The van der Waals surface area contributed by atoms with Crippen molar-refractivity contribution >= 4 is 33.2 Å². The molecule has 0 heterocycles. The van der Waals surface area contributed by atoms with Crippen LogP contribution < -0.4 is 0 Å². The maximum atomic E-state index is 12.6. The minimum Gasteiger partial charge on any atom is -0.207 e. The van der Waals surface area contributed by atoms with Gasteiger partial charge in [-0.25, -0.2) is 12.7 Å². The molecule has 0 radical (unpaired) electrons. The van der Waals surface area contributed by atoms with E-state index in [4.69, 9.17) is 23.2 Å². The normalized spacial score (nSPS) is 16.1. The molecule has 19 heavy (non-hydrogen) atoms. The molecule has 0 bridgehead atoms. The molecule has 1 aliphatic rings. The molecule has 0 N–H and O–H groups in total. The first kappa shape index (κ1) is 15.1. The number of halogens is 2. The van der Waals surface area contributed by atoms with E-state index in [0.717, 1.165) is 18.4 Å². The Morgan fingerprint density at radius 1 is 1.37 bits per heavy atom. The summed E-state index contributed by atoms with van der Waals surface area (Å²) in [5.74, 6) is 0.758. The first-order valence-corrected chi connectivity index (χ1v) is 8.53. The summed E-state index contributed by atoms with van der Waals surface area (Å²) in [7, 11) is -1.87. The molecule has 1 aromatic rings. The highest BCUT2D eigenvalue weighted by Crippen LogP contribution is 2.32. The monoisotopic (exact) mass is 321 g/mol. The molecule has 0 unspecified atom stereocenters. The quantitative estimate of drug-likeness (QED) is 0.779. The molecule has 106 valence electrons. The van der Waals surface area contributed by atoms with E-state index < -0.39 is 10.0 Å². The first-order valence-electron chi connectivity index (χ1n) is 6.17. The minimum atomic E-state index is -3.49. The van der Waals surface area contributed by atoms with Crippen LogP contribution in [0.2, 0.25) is 5.02 Å². The van der Waals surface area contributed by atoms with Crippen LogP contribution in [0.25, 0.3) is 0 Å². The lowest BCUT2D eigenvalue weighted by atomic mass is 10.1. The van der Waals surface area contributed by atoms with Gasteiger partial charge in [-0.05, 0) is 48.9 Å². The number of rotatable bonds is 5. The van der Waals surface area contributed by atoms with Gasteiger partial charge in [0.2, 0.25) is 10.0 Å². The van der Waals surface area contributed by atoms with E-state index >= 15 is 0 Å². The van der Waals surface area contributed by atoms with Crippen LogP contribution in [0.5, 0.6) is 0 Å². The molecule has 1 aromatic carbocycles. The highest BCUT2D eigenvalue weighted by Gasteiger charge is 2.30. The van der Waals surface area contributed by atoms with Crippen molar-refractivity contribution in [3.05, 3.63) is 28.3 Å². The summed E-state index contributed by atoms with van der Waals surface area (Å²) >= 11 is 11.8. The molecule has 0 amide bonds. The highest BCUT2D eigenvalue weighted by molar-refractivity contribution is 7.89. The standard InChI is InChI=1S/C13H17Cl2NO2S/c1-9-11(7-14)5-12(15)6-13(9)19(17,18)16(2)8-10-3-4-10/h5-6,10H,3-4,7-8H2,1-2H3. The third-order valence-electron chi connectivity index (χ3n) is 3.48. The molecule has 1 fully saturated rings. The van der Waals surface area contributed by atoms with E-state index in [1.807, 2.05) is 0 Å². The molecule has 1 saturated carbocycles. The molecule has 0 atom stereocenters. The van der Waals surface area contributed by atoms with Gasteiger partial charge in [-0.15, -0.1) is 11.6 Å².